The topological polar surface area (TPSA) is 33.3 Å². The minimum absolute atomic E-state index is 0.571. The van der Waals surface area contributed by atoms with E-state index in [0.29, 0.717) is 12.0 Å². The van der Waals surface area contributed by atoms with Crippen molar-refractivity contribution in [1.82, 2.24) is 10.6 Å². The van der Waals surface area contributed by atoms with Crippen molar-refractivity contribution in [3.8, 4) is 0 Å². The molecular formula is C14H28N2O. The van der Waals surface area contributed by atoms with Crippen LogP contribution in [-0.4, -0.2) is 38.4 Å². The predicted molar refractivity (Wildman–Crippen MR) is 71.2 cm³/mol. The summed E-state index contributed by atoms with van der Waals surface area (Å²) in [5.41, 5.74) is 0. The van der Waals surface area contributed by atoms with Crippen LogP contribution in [-0.2, 0) is 4.74 Å². The Morgan fingerprint density at radius 1 is 1.18 bits per heavy atom. The fourth-order valence-corrected chi connectivity index (χ4v) is 3.07. The molecule has 1 saturated heterocycles. The van der Waals surface area contributed by atoms with Crippen LogP contribution in [0.25, 0.3) is 0 Å². The van der Waals surface area contributed by atoms with Gasteiger partial charge >= 0.3 is 0 Å². The highest BCUT2D eigenvalue weighted by Gasteiger charge is 2.29. The van der Waals surface area contributed by atoms with Gasteiger partial charge in [0.1, 0.15) is 0 Å². The third-order valence-corrected chi connectivity index (χ3v) is 4.22. The molecule has 2 rings (SSSR count). The van der Waals surface area contributed by atoms with E-state index in [2.05, 4.69) is 24.5 Å². The fourth-order valence-electron chi connectivity index (χ4n) is 3.07. The average molecular weight is 240 g/mol. The summed E-state index contributed by atoms with van der Waals surface area (Å²) >= 11 is 0. The largest absolute Gasteiger partial charge is 0.379 e. The highest BCUT2D eigenvalue weighted by Crippen LogP contribution is 2.25. The zero-order chi connectivity index (χ0) is 12.1. The van der Waals surface area contributed by atoms with Crippen LogP contribution in [0.5, 0.6) is 0 Å². The number of ether oxygens (including phenoxy) is 1. The zero-order valence-corrected chi connectivity index (χ0v) is 11.4. The van der Waals surface area contributed by atoms with Gasteiger partial charge in [0, 0.05) is 24.5 Å². The van der Waals surface area contributed by atoms with E-state index < -0.39 is 0 Å². The first-order valence-corrected chi connectivity index (χ1v) is 7.34. The average Bonchev–Trinajstić information content (AvgIpc) is 2.92. The second kappa shape index (κ2) is 6.72. The Hall–Kier alpha value is -0.120. The molecule has 2 N–H and O–H groups in total. The molecule has 4 unspecified atom stereocenters. The van der Waals surface area contributed by atoms with Crippen LogP contribution in [0.15, 0.2) is 0 Å². The van der Waals surface area contributed by atoms with Gasteiger partial charge in [0.2, 0.25) is 0 Å². The van der Waals surface area contributed by atoms with Crippen molar-refractivity contribution in [3.63, 3.8) is 0 Å². The van der Waals surface area contributed by atoms with Gasteiger partial charge in [0.25, 0.3) is 0 Å². The molecule has 1 saturated carbocycles. The van der Waals surface area contributed by atoms with Gasteiger partial charge in [-0.15, -0.1) is 0 Å². The van der Waals surface area contributed by atoms with Crippen LogP contribution in [0, 0.1) is 11.8 Å². The summed E-state index contributed by atoms with van der Waals surface area (Å²) in [4.78, 5) is 0. The quantitative estimate of drug-likeness (QED) is 0.742. The Kier molecular flexibility index (Phi) is 5.26. The summed E-state index contributed by atoms with van der Waals surface area (Å²) in [7, 11) is 0. The highest BCUT2D eigenvalue weighted by atomic mass is 16.5. The molecule has 0 aromatic rings. The second-order valence-corrected chi connectivity index (χ2v) is 5.88. The van der Waals surface area contributed by atoms with Gasteiger partial charge in [0.05, 0.1) is 13.2 Å². The molecule has 0 radical (unpaired) electrons. The Labute approximate surface area is 106 Å². The molecule has 2 aliphatic rings. The van der Waals surface area contributed by atoms with Crippen molar-refractivity contribution in [3.05, 3.63) is 0 Å². The fraction of sp³-hybridized carbons (Fsp3) is 1.00. The van der Waals surface area contributed by atoms with Crippen molar-refractivity contribution in [2.45, 2.75) is 51.6 Å². The molecule has 3 heteroatoms. The lowest BCUT2D eigenvalue weighted by molar-refractivity contribution is 0.181. The Bertz CT molecular complexity index is 222. The molecule has 2 fully saturated rings. The normalized spacial score (nSPS) is 37.8. The van der Waals surface area contributed by atoms with E-state index in [9.17, 15) is 0 Å². The summed E-state index contributed by atoms with van der Waals surface area (Å²) in [6.45, 7) is 8.65. The minimum atomic E-state index is 0.571. The molecule has 0 bridgehead atoms. The molecule has 0 aromatic heterocycles. The van der Waals surface area contributed by atoms with Crippen molar-refractivity contribution >= 4 is 0 Å². The van der Waals surface area contributed by atoms with Crippen LogP contribution in [0.4, 0.5) is 0 Å². The maximum atomic E-state index is 5.60. The SMILES string of the molecule is CCCNC1COCC1CNC1CCC(C)C1. The Morgan fingerprint density at radius 3 is 2.76 bits per heavy atom. The minimum Gasteiger partial charge on any atom is -0.379 e. The first-order chi connectivity index (χ1) is 8.29. The lowest BCUT2D eigenvalue weighted by Crippen LogP contribution is -2.42. The van der Waals surface area contributed by atoms with Crippen molar-refractivity contribution < 1.29 is 4.74 Å². The molecule has 100 valence electrons. The van der Waals surface area contributed by atoms with Gasteiger partial charge in [-0.2, -0.15) is 0 Å². The van der Waals surface area contributed by atoms with Crippen LogP contribution in [0.1, 0.15) is 39.5 Å². The molecule has 3 nitrogen and oxygen atoms in total. The lowest BCUT2D eigenvalue weighted by atomic mass is 10.0. The molecule has 1 aliphatic carbocycles. The van der Waals surface area contributed by atoms with Crippen LogP contribution in [0.3, 0.4) is 0 Å². The molecule has 1 aliphatic heterocycles. The van der Waals surface area contributed by atoms with E-state index in [1.54, 1.807) is 0 Å². The third-order valence-electron chi connectivity index (χ3n) is 4.22. The van der Waals surface area contributed by atoms with Gasteiger partial charge < -0.3 is 15.4 Å². The molecule has 0 spiro atoms. The lowest BCUT2D eigenvalue weighted by Gasteiger charge is -2.21. The van der Waals surface area contributed by atoms with E-state index in [4.69, 9.17) is 4.74 Å². The first-order valence-electron chi connectivity index (χ1n) is 7.34. The van der Waals surface area contributed by atoms with Crippen molar-refractivity contribution in [2.24, 2.45) is 11.8 Å². The Balaban J connectivity index is 1.67. The predicted octanol–water partition coefficient (Wildman–Crippen LogP) is 1.78. The van der Waals surface area contributed by atoms with Gasteiger partial charge in [0.15, 0.2) is 0 Å². The van der Waals surface area contributed by atoms with Crippen LogP contribution < -0.4 is 10.6 Å². The summed E-state index contributed by atoms with van der Waals surface area (Å²) in [6.07, 6.45) is 5.33. The van der Waals surface area contributed by atoms with Gasteiger partial charge in [-0.05, 0) is 38.1 Å². The maximum Gasteiger partial charge on any atom is 0.0623 e. The van der Waals surface area contributed by atoms with Crippen LogP contribution >= 0.6 is 0 Å². The summed E-state index contributed by atoms with van der Waals surface area (Å²) in [5, 5.41) is 7.34. The van der Waals surface area contributed by atoms with Gasteiger partial charge in [-0.3, -0.25) is 0 Å². The molecular weight excluding hydrogens is 212 g/mol. The van der Waals surface area contributed by atoms with E-state index in [1.807, 2.05) is 0 Å². The standard InChI is InChI=1S/C14H28N2O/c1-3-6-15-14-10-17-9-12(14)8-16-13-5-4-11(2)7-13/h11-16H,3-10H2,1-2H3. The monoisotopic (exact) mass is 240 g/mol. The third kappa shape index (κ3) is 3.94. The number of nitrogens with one attached hydrogen (secondary N) is 2. The summed E-state index contributed by atoms with van der Waals surface area (Å²) in [5.74, 6) is 1.58. The smallest absolute Gasteiger partial charge is 0.0623 e. The number of rotatable bonds is 6. The van der Waals surface area contributed by atoms with Gasteiger partial charge in [-0.1, -0.05) is 13.8 Å². The van der Waals surface area contributed by atoms with Crippen molar-refractivity contribution in [1.29, 1.82) is 0 Å². The van der Waals surface area contributed by atoms with E-state index in [-0.39, 0.29) is 0 Å². The second-order valence-electron chi connectivity index (χ2n) is 5.88. The van der Waals surface area contributed by atoms with E-state index >= 15 is 0 Å². The van der Waals surface area contributed by atoms with Crippen LogP contribution in [0.2, 0.25) is 0 Å². The summed E-state index contributed by atoms with van der Waals surface area (Å²) < 4.78 is 5.60. The Morgan fingerprint density at radius 2 is 2.06 bits per heavy atom. The molecule has 0 aromatic carbocycles. The van der Waals surface area contributed by atoms with Crippen molar-refractivity contribution in [2.75, 3.05) is 26.3 Å². The van der Waals surface area contributed by atoms with E-state index in [0.717, 1.165) is 38.3 Å². The highest BCUT2D eigenvalue weighted by molar-refractivity contribution is 4.85. The van der Waals surface area contributed by atoms with Gasteiger partial charge in [-0.25, -0.2) is 0 Å². The van der Waals surface area contributed by atoms with E-state index in [1.165, 1.54) is 25.7 Å². The molecule has 1 heterocycles. The summed E-state index contributed by atoms with van der Waals surface area (Å²) in [6, 6.07) is 1.33. The zero-order valence-electron chi connectivity index (χ0n) is 11.4. The molecule has 4 atom stereocenters. The molecule has 0 amide bonds. The first kappa shape index (κ1) is 13.3. The number of hydrogen-bond donors (Lipinski definition) is 2. The number of hydrogen-bond acceptors (Lipinski definition) is 3. The molecule has 17 heavy (non-hydrogen) atoms. The maximum absolute atomic E-state index is 5.60.